The lowest BCUT2D eigenvalue weighted by molar-refractivity contribution is 0.0691. The lowest BCUT2D eigenvalue weighted by Gasteiger charge is -2.21. The largest absolute Gasteiger partial charge is 0.476 e. The molecule has 0 radical (unpaired) electrons. The molecular weight excluding hydrogens is 244 g/mol. The molecule has 6 heteroatoms. The smallest absolute Gasteiger partial charge is 0.355 e. The molecule has 1 atom stereocenters. The molecule has 2 N–H and O–H groups in total. The third-order valence-electron chi connectivity index (χ3n) is 2.48. The summed E-state index contributed by atoms with van der Waals surface area (Å²) in [4.78, 5) is 14.6. The van der Waals surface area contributed by atoms with Crippen LogP contribution < -0.4 is 5.32 Å². The van der Waals surface area contributed by atoms with Crippen molar-refractivity contribution in [1.82, 2.24) is 4.98 Å². The zero-order valence-electron chi connectivity index (χ0n) is 8.81. The number of thiazole rings is 1. The predicted molar refractivity (Wildman–Crippen MR) is 67.7 cm³/mol. The first kappa shape index (κ1) is 11.7. The third kappa shape index (κ3) is 3.12. The number of aromatic nitrogens is 1. The summed E-state index contributed by atoms with van der Waals surface area (Å²) in [5.74, 6) is 0.279. The average Bonchev–Trinajstić information content (AvgIpc) is 2.76. The highest BCUT2D eigenvalue weighted by molar-refractivity contribution is 7.99. The molecule has 0 aromatic carbocycles. The predicted octanol–water partition coefficient (Wildman–Crippen LogP) is 2.54. The first-order chi connectivity index (χ1) is 7.75. The zero-order chi connectivity index (χ0) is 11.4. The molecular formula is C10H14N2O2S2. The number of hydrogen-bond donors (Lipinski definition) is 2. The van der Waals surface area contributed by atoms with E-state index in [-0.39, 0.29) is 5.69 Å². The second-order valence-corrected chi connectivity index (χ2v) is 5.98. The second-order valence-electron chi connectivity index (χ2n) is 3.71. The molecule has 1 fully saturated rings. The molecule has 0 saturated carbocycles. The quantitative estimate of drug-likeness (QED) is 0.869. The molecule has 4 nitrogen and oxygen atoms in total. The van der Waals surface area contributed by atoms with E-state index in [1.165, 1.54) is 36.4 Å². The minimum absolute atomic E-state index is 0.129. The van der Waals surface area contributed by atoms with Gasteiger partial charge in [0.25, 0.3) is 0 Å². The number of hydrogen-bond acceptors (Lipinski definition) is 5. The lowest BCUT2D eigenvalue weighted by Crippen LogP contribution is -2.19. The van der Waals surface area contributed by atoms with Crippen molar-refractivity contribution >= 4 is 34.2 Å². The summed E-state index contributed by atoms with van der Waals surface area (Å²) < 4.78 is 0. The summed E-state index contributed by atoms with van der Waals surface area (Å²) in [7, 11) is 0. The molecule has 1 saturated heterocycles. The zero-order valence-corrected chi connectivity index (χ0v) is 10.4. The molecule has 1 unspecified atom stereocenters. The fourth-order valence-electron chi connectivity index (χ4n) is 1.62. The number of nitrogens with one attached hydrogen (secondary N) is 1. The SMILES string of the molecule is O=C(O)c1csc(NCC2CCCCS2)n1. The number of carbonyl (C=O) groups is 1. The maximum Gasteiger partial charge on any atom is 0.355 e. The summed E-state index contributed by atoms with van der Waals surface area (Å²) in [6.07, 6.45) is 3.87. The Hall–Kier alpha value is -0.750. The van der Waals surface area contributed by atoms with Crippen LogP contribution in [0.4, 0.5) is 5.13 Å². The lowest BCUT2D eigenvalue weighted by atomic mass is 10.2. The van der Waals surface area contributed by atoms with Crippen molar-refractivity contribution in [2.75, 3.05) is 17.6 Å². The van der Waals surface area contributed by atoms with Crippen LogP contribution in [0.25, 0.3) is 0 Å². The van der Waals surface area contributed by atoms with Gasteiger partial charge in [0.15, 0.2) is 10.8 Å². The number of carboxylic acid groups (broad SMARTS) is 1. The number of nitrogens with zero attached hydrogens (tertiary/aromatic N) is 1. The van der Waals surface area contributed by atoms with Gasteiger partial charge in [-0.15, -0.1) is 11.3 Å². The standard InChI is InChI=1S/C10H14N2O2S2/c13-9(14)8-6-16-10(12-8)11-5-7-3-1-2-4-15-7/h6-7H,1-5H2,(H,11,12)(H,13,14). The Morgan fingerprint density at radius 3 is 3.12 bits per heavy atom. The van der Waals surface area contributed by atoms with Crippen molar-refractivity contribution in [3.63, 3.8) is 0 Å². The minimum Gasteiger partial charge on any atom is -0.476 e. The van der Waals surface area contributed by atoms with Gasteiger partial charge >= 0.3 is 5.97 Å². The molecule has 0 bridgehead atoms. The molecule has 1 aliphatic heterocycles. The van der Waals surface area contributed by atoms with Gasteiger partial charge in [-0.1, -0.05) is 6.42 Å². The van der Waals surface area contributed by atoms with Gasteiger partial charge in [-0.05, 0) is 18.6 Å². The Bertz CT molecular complexity index is 361. The fraction of sp³-hybridized carbons (Fsp3) is 0.600. The van der Waals surface area contributed by atoms with E-state index in [0.717, 1.165) is 6.54 Å². The van der Waals surface area contributed by atoms with E-state index < -0.39 is 5.97 Å². The Morgan fingerprint density at radius 1 is 1.62 bits per heavy atom. The maximum absolute atomic E-state index is 10.6. The third-order valence-corrected chi connectivity index (χ3v) is 4.68. The summed E-state index contributed by atoms with van der Waals surface area (Å²) in [6, 6.07) is 0. The molecule has 0 spiro atoms. The number of thioether (sulfide) groups is 1. The van der Waals surface area contributed by atoms with Gasteiger partial charge < -0.3 is 10.4 Å². The Labute approximate surface area is 102 Å². The van der Waals surface area contributed by atoms with Crippen LogP contribution in [0.3, 0.4) is 0 Å². The van der Waals surface area contributed by atoms with Gasteiger partial charge in [-0.3, -0.25) is 0 Å². The van der Waals surface area contributed by atoms with E-state index in [1.807, 2.05) is 11.8 Å². The summed E-state index contributed by atoms with van der Waals surface area (Å²) in [6.45, 7) is 0.886. The monoisotopic (exact) mass is 258 g/mol. The Morgan fingerprint density at radius 2 is 2.50 bits per heavy atom. The van der Waals surface area contributed by atoms with E-state index in [2.05, 4.69) is 10.3 Å². The van der Waals surface area contributed by atoms with Gasteiger partial charge in [0.2, 0.25) is 0 Å². The number of carboxylic acids is 1. The van der Waals surface area contributed by atoms with Crippen LogP contribution in [0.15, 0.2) is 5.38 Å². The topological polar surface area (TPSA) is 62.2 Å². The maximum atomic E-state index is 10.6. The van der Waals surface area contributed by atoms with Gasteiger partial charge in [-0.25, -0.2) is 9.78 Å². The van der Waals surface area contributed by atoms with E-state index in [9.17, 15) is 4.79 Å². The van der Waals surface area contributed by atoms with Crippen LogP contribution in [-0.4, -0.2) is 33.6 Å². The highest BCUT2D eigenvalue weighted by Crippen LogP contribution is 2.25. The summed E-state index contributed by atoms with van der Waals surface area (Å²) >= 11 is 3.35. The number of aromatic carboxylic acids is 1. The first-order valence-corrected chi connectivity index (χ1v) is 7.23. The van der Waals surface area contributed by atoms with E-state index in [4.69, 9.17) is 5.11 Å². The normalized spacial score (nSPS) is 20.6. The van der Waals surface area contributed by atoms with Crippen molar-refractivity contribution in [1.29, 1.82) is 0 Å². The van der Waals surface area contributed by atoms with Crippen molar-refractivity contribution < 1.29 is 9.90 Å². The van der Waals surface area contributed by atoms with Crippen LogP contribution in [0, 0.1) is 0 Å². The molecule has 1 aliphatic rings. The van der Waals surface area contributed by atoms with Crippen LogP contribution in [0.2, 0.25) is 0 Å². The van der Waals surface area contributed by atoms with Crippen LogP contribution >= 0.6 is 23.1 Å². The van der Waals surface area contributed by atoms with Crippen molar-refractivity contribution in [2.24, 2.45) is 0 Å². The van der Waals surface area contributed by atoms with Crippen LogP contribution in [-0.2, 0) is 0 Å². The summed E-state index contributed by atoms with van der Waals surface area (Å²) in [5, 5.41) is 14.9. The Balaban J connectivity index is 1.81. The van der Waals surface area contributed by atoms with Crippen molar-refractivity contribution in [2.45, 2.75) is 24.5 Å². The fourth-order valence-corrected chi connectivity index (χ4v) is 3.56. The molecule has 16 heavy (non-hydrogen) atoms. The highest BCUT2D eigenvalue weighted by atomic mass is 32.2. The van der Waals surface area contributed by atoms with E-state index >= 15 is 0 Å². The molecule has 88 valence electrons. The average molecular weight is 258 g/mol. The summed E-state index contributed by atoms with van der Waals surface area (Å²) in [5.41, 5.74) is 0.129. The number of anilines is 1. The first-order valence-electron chi connectivity index (χ1n) is 5.30. The van der Waals surface area contributed by atoms with Gasteiger partial charge in [0, 0.05) is 17.2 Å². The van der Waals surface area contributed by atoms with Crippen molar-refractivity contribution in [3.05, 3.63) is 11.1 Å². The van der Waals surface area contributed by atoms with E-state index in [0.29, 0.717) is 10.4 Å². The van der Waals surface area contributed by atoms with Crippen LogP contribution in [0.1, 0.15) is 29.8 Å². The minimum atomic E-state index is -0.962. The molecule has 0 aliphatic carbocycles. The highest BCUT2D eigenvalue weighted by Gasteiger charge is 2.14. The van der Waals surface area contributed by atoms with Crippen LogP contribution in [0.5, 0.6) is 0 Å². The van der Waals surface area contributed by atoms with E-state index in [1.54, 1.807) is 5.38 Å². The van der Waals surface area contributed by atoms with Gasteiger partial charge in [0.05, 0.1) is 0 Å². The molecule has 2 heterocycles. The molecule has 1 aromatic rings. The second kappa shape index (κ2) is 5.54. The van der Waals surface area contributed by atoms with Gasteiger partial charge in [0.1, 0.15) is 0 Å². The molecule has 0 amide bonds. The Kier molecular flexibility index (Phi) is 4.06. The molecule has 2 rings (SSSR count). The molecule has 1 aromatic heterocycles. The van der Waals surface area contributed by atoms with Crippen molar-refractivity contribution in [3.8, 4) is 0 Å². The van der Waals surface area contributed by atoms with Gasteiger partial charge in [-0.2, -0.15) is 11.8 Å². The number of rotatable bonds is 4.